The van der Waals surface area contributed by atoms with Gasteiger partial charge in [-0.2, -0.15) is 0 Å². The van der Waals surface area contributed by atoms with Crippen LogP contribution in [0.1, 0.15) is 32.3 Å². The Hall–Kier alpha value is -3.26. The molecule has 0 radical (unpaired) electrons. The van der Waals surface area contributed by atoms with Crippen molar-refractivity contribution in [2.75, 3.05) is 36.8 Å². The minimum absolute atomic E-state index is 0.150. The first-order valence-electron chi connectivity index (χ1n) is 11.7. The van der Waals surface area contributed by atoms with Crippen molar-refractivity contribution in [3.8, 4) is 0 Å². The molecular formula is C25H33ClN8. The Balaban J connectivity index is 1.62. The normalized spacial score (nSPS) is 21.8. The highest BCUT2D eigenvalue weighted by Gasteiger charge is 2.28. The molecule has 0 spiro atoms. The molecule has 9 heteroatoms. The van der Waals surface area contributed by atoms with E-state index in [1.165, 1.54) is 0 Å². The second-order valence-corrected chi connectivity index (χ2v) is 9.38. The average Bonchev–Trinajstić information content (AvgIpc) is 3.25. The molecule has 0 aromatic carbocycles. The third kappa shape index (κ3) is 5.28. The Bertz CT molecular complexity index is 1100. The van der Waals surface area contributed by atoms with Crippen LogP contribution in [0.25, 0.3) is 5.70 Å². The molecule has 2 fully saturated rings. The van der Waals surface area contributed by atoms with E-state index in [4.69, 9.17) is 28.1 Å². The Morgan fingerprint density at radius 2 is 2.03 bits per heavy atom. The lowest BCUT2D eigenvalue weighted by Gasteiger charge is -2.42. The molecule has 4 rings (SSSR count). The van der Waals surface area contributed by atoms with Gasteiger partial charge in [0.05, 0.1) is 10.7 Å². The minimum atomic E-state index is 0.150. The van der Waals surface area contributed by atoms with Crippen LogP contribution >= 0.6 is 11.6 Å². The molecule has 2 atom stereocenters. The SMILES string of the molecule is C=C(/N=C(\C=C(/N)c1cncc(N)c1)N1CCN(c2ncccc2Cl)C[C@H]1C)N1CCCC1C. The van der Waals surface area contributed by atoms with Gasteiger partial charge in [-0.05, 0) is 44.9 Å². The maximum Gasteiger partial charge on any atom is 0.147 e. The smallest absolute Gasteiger partial charge is 0.147 e. The number of likely N-dealkylation sites (tertiary alicyclic amines) is 1. The number of nitrogens with zero attached hydrogens (tertiary/aromatic N) is 6. The monoisotopic (exact) mass is 480 g/mol. The largest absolute Gasteiger partial charge is 0.398 e. The Labute approximate surface area is 206 Å². The van der Waals surface area contributed by atoms with Crippen LogP contribution in [0.15, 0.2) is 60.3 Å². The number of piperazine rings is 1. The zero-order valence-corrected chi connectivity index (χ0v) is 20.6. The second-order valence-electron chi connectivity index (χ2n) is 8.97. The number of amidine groups is 1. The number of hydrogen-bond donors (Lipinski definition) is 2. The van der Waals surface area contributed by atoms with E-state index in [0.717, 1.165) is 62.1 Å². The van der Waals surface area contributed by atoms with Gasteiger partial charge in [-0.25, -0.2) is 9.98 Å². The number of nitrogen functional groups attached to an aromatic ring is 1. The molecule has 34 heavy (non-hydrogen) atoms. The van der Waals surface area contributed by atoms with Gasteiger partial charge in [0.2, 0.25) is 0 Å². The molecular weight excluding hydrogens is 448 g/mol. The first kappa shape index (κ1) is 23.9. The lowest BCUT2D eigenvalue weighted by molar-refractivity contribution is 0.294. The van der Waals surface area contributed by atoms with Gasteiger partial charge in [0, 0.05) is 74.2 Å². The molecule has 0 aliphatic carbocycles. The number of pyridine rings is 2. The molecule has 4 N–H and O–H groups in total. The van der Waals surface area contributed by atoms with Crippen molar-refractivity contribution >= 4 is 34.6 Å². The van der Waals surface area contributed by atoms with Crippen molar-refractivity contribution in [3.63, 3.8) is 0 Å². The first-order valence-corrected chi connectivity index (χ1v) is 12.1. The lowest BCUT2D eigenvalue weighted by Crippen LogP contribution is -2.54. The number of aromatic nitrogens is 2. The van der Waals surface area contributed by atoms with Crippen LogP contribution < -0.4 is 16.4 Å². The lowest BCUT2D eigenvalue weighted by atomic mass is 10.1. The summed E-state index contributed by atoms with van der Waals surface area (Å²) in [6.45, 7) is 11.9. The second kappa shape index (κ2) is 10.3. The Kier molecular flexibility index (Phi) is 7.26. The highest BCUT2D eigenvalue weighted by molar-refractivity contribution is 6.32. The zero-order valence-electron chi connectivity index (χ0n) is 19.9. The fourth-order valence-corrected chi connectivity index (χ4v) is 4.87. The third-order valence-electron chi connectivity index (χ3n) is 6.47. The maximum atomic E-state index is 6.49. The first-order chi connectivity index (χ1) is 16.3. The van der Waals surface area contributed by atoms with E-state index in [0.29, 0.717) is 22.4 Å². The number of aliphatic imine (C=N–C) groups is 1. The Morgan fingerprint density at radius 3 is 2.71 bits per heavy atom. The predicted octanol–water partition coefficient (Wildman–Crippen LogP) is 3.58. The van der Waals surface area contributed by atoms with Crippen molar-refractivity contribution in [1.29, 1.82) is 0 Å². The molecule has 180 valence electrons. The van der Waals surface area contributed by atoms with E-state index in [1.807, 2.05) is 24.3 Å². The van der Waals surface area contributed by atoms with Crippen LogP contribution in [0.3, 0.4) is 0 Å². The summed E-state index contributed by atoms with van der Waals surface area (Å²) in [4.78, 5) is 20.4. The van der Waals surface area contributed by atoms with Gasteiger partial charge in [0.1, 0.15) is 17.5 Å². The highest BCUT2D eigenvalue weighted by atomic mass is 35.5. The van der Waals surface area contributed by atoms with Gasteiger partial charge in [-0.15, -0.1) is 0 Å². The summed E-state index contributed by atoms with van der Waals surface area (Å²) in [7, 11) is 0. The summed E-state index contributed by atoms with van der Waals surface area (Å²) in [6.07, 6.45) is 9.29. The van der Waals surface area contributed by atoms with Crippen LogP contribution in [0.4, 0.5) is 11.5 Å². The van der Waals surface area contributed by atoms with Gasteiger partial charge in [-0.3, -0.25) is 4.98 Å². The van der Waals surface area contributed by atoms with E-state index < -0.39 is 0 Å². The van der Waals surface area contributed by atoms with Gasteiger partial charge < -0.3 is 26.2 Å². The van der Waals surface area contributed by atoms with E-state index in [1.54, 1.807) is 18.6 Å². The molecule has 0 bridgehead atoms. The van der Waals surface area contributed by atoms with Crippen molar-refractivity contribution in [1.82, 2.24) is 19.8 Å². The number of anilines is 2. The summed E-state index contributed by atoms with van der Waals surface area (Å²) in [5, 5.41) is 0.659. The zero-order chi connectivity index (χ0) is 24.2. The van der Waals surface area contributed by atoms with Gasteiger partial charge >= 0.3 is 0 Å². The van der Waals surface area contributed by atoms with Crippen LogP contribution in [-0.2, 0) is 0 Å². The van der Waals surface area contributed by atoms with Crippen LogP contribution in [0.2, 0.25) is 5.02 Å². The number of halogens is 1. The van der Waals surface area contributed by atoms with E-state index in [-0.39, 0.29) is 6.04 Å². The molecule has 2 aliphatic rings. The molecule has 2 aliphatic heterocycles. The molecule has 8 nitrogen and oxygen atoms in total. The van der Waals surface area contributed by atoms with Crippen molar-refractivity contribution in [2.45, 2.75) is 38.8 Å². The number of rotatable bonds is 5. The summed E-state index contributed by atoms with van der Waals surface area (Å²) in [6, 6.07) is 6.12. The van der Waals surface area contributed by atoms with Crippen LogP contribution in [-0.4, -0.2) is 63.9 Å². The minimum Gasteiger partial charge on any atom is -0.398 e. The maximum absolute atomic E-state index is 6.49. The predicted molar refractivity (Wildman–Crippen MR) is 140 cm³/mol. The molecule has 0 amide bonds. The standard InChI is InChI=1S/C25H33ClN8/c1-17-6-5-9-33(17)19(3)31-24(13-23(28)20-12-21(27)15-29-14-20)34-11-10-32(16-18(34)2)25-22(26)7-4-8-30-25/h4,7-8,12-15,17-18H,3,5-6,9-11,16,27-28H2,1-2H3/b23-13-,31-24+/t17?,18-/m1/s1. The van der Waals surface area contributed by atoms with Gasteiger partial charge in [0.25, 0.3) is 0 Å². The summed E-state index contributed by atoms with van der Waals surface area (Å²) in [5.41, 5.74) is 14.3. The molecule has 2 saturated heterocycles. The van der Waals surface area contributed by atoms with Crippen LogP contribution in [0.5, 0.6) is 0 Å². The van der Waals surface area contributed by atoms with Crippen molar-refractivity contribution in [3.05, 3.63) is 65.9 Å². The van der Waals surface area contributed by atoms with Crippen LogP contribution in [0, 0.1) is 0 Å². The number of hydrogen-bond acceptors (Lipinski definition) is 7. The fraction of sp³-hybridized carbons (Fsp3) is 0.400. The van der Waals surface area contributed by atoms with Crippen molar-refractivity contribution in [2.24, 2.45) is 10.7 Å². The average molecular weight is 481 g/mol. The Morgan fingerprint density at radius 1 is 1.21 bits per heavy atom. The topological polar surface area (TPSA) is 99.9 Å². The molecule has 2 aromatic rings. The van der Waals surface area contributed by atoms with E-state index >= 15 is 0 Å². The summed E-state index contributed by atoms with van der Waals surface area (Å²) < 4.78 is 0. The summed E-state index contributed by atoms with van der Waals surface area (Å²) in [5.74, 6) is 2.35. The molecule has 4 heterocycles. The quantitative estimate of drug-likeness (QED) is 0.498. The molecule has 1 unspecified atom stereocenters. The van der Waals surface area contributed by atoms with Crippen molar-refractivity contribution < 1.29 is 0 Å². The van der Waals surface area contributed by atoms with E-state index in [2.05, 4.69) is 45.1 Å². The van der Waals surface area contributed by atoms with Gasteiger partial charge in [-0.1, -0.05) is 18.2 Å². The number of nitrogens with two attached hydrogens (primary N) is 2. The highest BCUT2D eigenvalue weighted by Crippen LogP contribution is 2.27. The molecule has 2 aromatic heterocycles. The third-order valence-corrected chi connectivity index (χ3v) is 6.76. The van der Waals surface area contributed by atoms with Gasteiger partial charge in [0.15, 0.2) is 0 Å². The summed E-state index contributed by atoms with van der Waals surface area (Å²) >= 11 is 6.41. The fourth-order valence-electron chi connectivity index (χ4n) is 4.63. The molecule has 0 saturated carbocycles. The van der Waals surface area contributed by atoms with E-state index in [9.17, 15) is 0 Å².